The average Bonchev–Trinajstić information content (AvgIpc) is 2.00. The summed E-state index contributed by atoms with van der Waals surface area (Å²) in [6.45, 7) is 8.56. The summed E-state index contributed by atoms with van der Waals surface area (Å²) in [5.41, 5.74) is -2.06. The number of amides is 1. The van der Waals surface area contributed by atoms with E-state index >= 15 is 0 Å². The van der Waals surface area contributed by atoms with Crippen molar-refractivity contribution in [3.05, 3.63) is 0 Å². The first-order valence-corrected chi connectivity index (χ1v) is 4.97. The van der Waals surface area contributed by atoms with Gasteiger partial charge in [-0.05, 0) is 27.7 Å². The summed E-state index contributed by atoms with van der Waals surface area (Å²) in [6.07, 6.45) is 0. The van der Waals surface area contributed by atoms with Gasteiger partial charge >= 0.3 is 0 Å². The van der Waals surface area contributed by atoms with Crippen molar-refractivity contribution >= 4 is 5.91 Å². The van der Waals surface area contributed by atoms with E-state index in [1.54, 1.807) is 4.90 Å². The van der Waals surface area contributed by atoms with Gasteiger partial charge in [0.25, 0.3) is 5.91 Å². The molecule has 4 heteroatoms. The predicted molar refractivity (Wildman–Crippen MR) is 53.8 cm³/mol. The van der Waals surface area contributed by atoms with Crippen molar-refractivity contribution < 1.29 is 9.18 Å². The first kappa shape index (κ1) is 11.4. The average molecular weight is 202 g/mol. The number of halogens is 1. The van der Waals surface area contributed by atoms with Gasteiger partial charge in [-0.3, -0.25) is 4.79 Å². The molecule has 1 N–H and O–H groups in total. The van der Waals surface area contributed by atoms with E-state index in [-0.39, 0.29) is 5.54 Å². The summed E-state index contributed by atoms with van der Waals surface area (Å²) in [4.78, 5) is 13.4. The van der Waals surface area contributed by atoms with Gasteiger partial charge in [0, 0.05) is 25.2 Å². The lowest BCUT2D eigenvalue weighted by atomic mass is 9.97. The molecule has 82 valence electrons. The molecule has 0 aromatic rings. The topological polar surface area (TPSA) is 32.3 Å². The number of hydrogen-bond donors (Lipinski definition) is 1. The van der Waals surface area contributed by atoms with Crippen LogP contribution in [-0.4, -0.2) is 41.6 Å². The number of hydrogen-bond acceptors (Lipinski definition) is 2. The highest BCUT2D eigenvalue weighted by Gasteiger charge is 2.40. The molecule has 1 heterocycles. The molecule has 0 radical (unpaired) electrons. The number of piperazine rings is 1. The molecule has 1 aliphatic heterocycles. The second kappa shape index (κ2) is 3.50. The Balaban J connectivity index is 2.80. The third-order valence-corrected chi connectivity index (χ3v) is 2.55. The lowest BCUT2D eigenvalue weighted by Gasteiger charge is -2.44. The minimum Gasteiger partial charge on any atom is -0.332 e. The van der Waals surface area contributed by atoms with E-state index in [9.17, 15) is 9.18 Å². The fraction of sp³-hybridized carbons (Fsp3) is 0.900. The largest absolute Gasteiger partial charge is 0.332 e. The number of carbonyl (C=O) groups is 1. The Morgan fingerprint density at radius 2 is 2.07 bits per heavy atom. The van der Waals surface area contributed by atoms with Gasteiger partial charge in [-0.2, -0.15) is 0 Å². The molecule has 0 aromatic carbocycles. The normalized spacial score (nSPS) is 22.2. The van der Waals surface area contributed by atoms with Gasteiger partial charge < -0.3 is 10.2 Å². The molecular weight excluding hydrogens is 183 g/mol. The maximum absolute atomic E-state index is 13.5. The Labute approximate surface area is 84.7 Å². The molecule has 0 unspecified atom stereocenters. The van der Waals surface area contributed by atoms with E-state index < -0.39 is 11.6 Å². The van der Waals surface area contributed by atoms with Crippen molar-refractivity contribution in [2.75, 3.05) is 19.6 Å². The highest BCUT2D eigenvalue weighted by molar-refractivity contribution is 5.85. The molecule has 1 aliphatic rings. The lowest BCUT2D eigenvalue weighted by molar-refractivity contribution is -0.148. The van der Waals surface area contributed by atoms with Gasteiger partial charge in [-0.1, -0.05) is 0 Å². The Hall–Kier alpha value is -0.640. The van der Waals surface area contributed by atoms with Gasteiger partial charge in [0.2, 0.25) is 0 Å². The van der Waals surface area contributed by atoms with Gasteiger partial charge in [0.05, 0.1) is 0 Å². The van der Waals surface area contributed by atoms with Gasteiger partial charge in [-0.25, -0.2) is 4.39 Å². The first-order chi connectivity index (χ1) is 6.25. The van der Waals surface area contributed by atoms with Crippen molar-refractivity contribution in [1.29, 1.82) is 0 Å². The second-order valence-electron chi connectivity index (χ2n) is 4.92. The number of nitrogens with one attached hydrogen (secondary N) is 1. The standard InChI is InChI=1S/C10H19FN2O/c1-9(2)7-12-5-6-13(9)8(14)10(3,4)11/h12H,5-7H2,1-4H3. The van der Waals surface area contributed by atoms with Gasteiger partial charge in [0.15, 0.2) is 5.67 Å². The van der Waals surface area contributed by atoms with Gasteiger partial charge in [0.1, 0.15) is 0 Å². The molecule has 3 nitrogen and oxygen atoms in total. The van der Waals surface area contributed by atoms with Crippen LogP contribution < -0.4 is 5.32 Å². The van der Waals surface area contributed by atoms with Crippen LogP contribution in [-0.2, 0) is 4.79 Å². The molecule has 0 saturated carbocycles. The molecule has 0 atom stereocenters. The monoisotopic (exact) mass is 202 g/mol. The van der Waals surface area contributed by atoms with E-state index in [2.05, 4.69) is 5.32 Å². The van der Waals surface area contributed by atoms with Crippen LogP contribution in [0.25, 0.3) is 0 Å². The van der Waals surface area contributed by atoms with Crippen molar-refractivity contribution in [2.45, 2.75) is 38.9 Å². The van der Waals surface area contributed by atoms with Crippen LogP contribution in [0, 0.1) is 0 Å². The van der Waals surface area contributed by atoms with Crippen LogP contribution in [0.4, 0.5) is 4.39 Å². The Bertz CT molecular complexity index is 233. The molecule has 0 spiro atoms. The zero-order valence-electron chi connectivity index (χ0n) is 9.35. The smallest absolute Gasteiger partial charge is 0.260 e. The highest BCUT2D eigenvalue weighted by atomic mass is 19.1. The maximum atomic E-state index is 13.5. The molecule has 1 rings (SSSR count). The van der Waals surface area contributed by atoms with E-state index in [4.69, 9.17) is 0 Å². The molecule has 1 fully saturated rings. The van der Waals surface area contributed by atoms with Gasteiger partial charge in [-0.15, -0.1) is 0 Å². The van der Waals surface area contributed by atoms with Crippen LogP contribution in [0.1, 0.15) is 27.7 Å². The molecular formula is C10H19FN2O. The van der Waals surface area contributed by atoms with Crippen LogP contribution in [0.2, 0.25) is 0 Å². The van der Waals surface area contributed by atoms with E-state index in [1.807, 2.05) is 13.8 Å². The van der Waals surface area contributed by atoms with Crippen molar-refractivity contribution in [1.82, 2.24) is 10.2 Å². The molecule has 0 aromatic heterocycles. The molecule has 0 bridgehead atoms. The summed E-state index contributed by atoms with van der Waals surface area (Å²) in [7, 11) is 0. The summed E-state index contributed by atoms with van der Waals surface area (Å²) >= 11 is 0. The summed E-state index contributed by atoms with van der Waals surface area (Å²) in [5, 5.41) is 3.19. The summed E-state index contributed by atoms with van der Waals surface area (Å²) in [6, 6.07) is 0. The first-order valence-electron chi connectivity index (χ1n) is 4.97. The zero-order chi connectivity index (χ0) is 11.0. The van der Waals surface area contributed by atoms with Crippen LogP contribution in [0.5, 0.6) is 0 Å². The summed E-state index contributed by atoms with van der Waals surface area (Å²) in [5.74, 6) is -0.413. The molecule has 1 amide bonds. The van der Waals surface area contributed by atoms with Crippen LogP contribution >= 0.6 is 0 Å². The minimum atomic E-state index is -1.77. The van der Waals surface area contributed by atoms with Crippen LogP contribution in [0.3, 0.4) is 0 Å². The van der Waals surface area contributed by atoms with E-state index in [0.29, 0.717) is 6.54 Å². The maximum Gasteiger partial charge on any atom is 0.260 e. The third kappa shape index (κ3) is 2.23. The quantitative estimate of drug-likeness (QED) is 0.686. The predicted octanol–water partition coefficient (Wildman–Crippen LogP) is 0.945. The van der Waals surface area contributed by atoms with Crippen molar-refractivity contribution in [3.63, 3.8) is 0 Å². The Morgan fingerprint density at radius 1 is 1.50 bits per heavy atom. The van der Waals surface area contributed by atoms with E-state index in [0.717, 1.165) is 13.1 Å². The third-order valence-electron chi connectivity index (χ3n) is 2.55. The van der Waals surface area contributed by atoms with Crippen LogP contribution in [0.15, 0.2) is 0 Å². The number of nitrogens with zero attached hydrogens (tertiary/aromatic N) is 1. The zero-order valence-corrected chi connectivity index (χ0v) is 9.35. The van der Waals surface area contributed by atoms with Crippen molar-refractivity contribution in [2.24, 2.45) is 0 Å². The fourth-order valence-electron chi connectivity index (χ4n) is 1.68. The summed E-state index contributed by atoms with van der Waals surface area (Å²) < 4.78 is 13.5. The molecule has 0 aliphatic carbocycles. The Morgan fingerprint density at radius 3 is 2.50 bits per heavy atom. The van der Waals surface area contributed by atoms with Crippen molar-refractivity contribution in [3.8, 4) is 0 Å². The number of rotatable bonds is 1. The second-order valence-corrected chi connectivity index (χ2v) is 4.92. The number of carbonyl (C=O) groups excluding carboxylic acids is 1. The van der Waals surface area contributed by atoms with E-state index in [1.165, 1.54) is 13.8 Å². The highest BCUT2D eigenvalue weighted by Crippen LogP contribution is 2.22. The fourth-order valence-corrected chi connectivity index (χ4v) is 1.68. The molecule has 1 saturated heterocycles. The molecule has 14 heavy (non-hydrogen) atoms. The Kier molecular flexibility index (Phi) is 2.86. The lowest BCUT2D eigenvalue weighted by Crippen LogP contribution is -2.62. The minimum absolute atomic E-state index is 0.293. The SMILES string of the molecule is CC(C)(F)C(=O)N1CCNCC1(C)C. The number of alkyl halides is 1.